The summed E-state index contributed by atoms with van der Waals surface area (Å²) in [5.74, 6) is -0.545. The second-order valence-electron chi connectivity index (χ2n) is 3.66. The number of hydrogen-bond donors (Lipinski definition) is 1. The standard InChI is InChI=1S/C11H15NO4S/c1-3-6-16-11(13)9-5-4-8(2)10(7-9)17(12,14)15/h4-5,7H,3,6H2,1-2H3,(H2,12,14,15). The predicted octanol–water partition coefficient (Wildman–Crippen LogP) is 1.21. The van der Waals surface area contributed by atoms with Crippen molar-refractivity contribution in [3.05, 3.63) is 29.3 Å². The highest BCUT2D eigenvalue weighted by Gasteiger charge is 2.15. The van der Waals surface area contributed by atoms with E-state index in [1.807, 2.05) is 6.92 Å². The SMILES string of the molecule is CCCOC(=O)c1ccc(C)c(S(N)(=O)=O)c1. The van der Waals surface area contributed by atoms with Crippen LogP contribution >= 0.6 is 0 Å². The van der Waals surface area contributed by atoms with E-state index in [2.05, 4.69) is 0 Å². The van der Waals surface area contributed by atoms with Gasteiger partial charge in [-0.1, -0.05) is 13.0 Å². The van der Waals surface area contributed by atoms with Crippen LogP contribution in [0.4, 0.5) is 0 Å². The molecule has 0 heterocycles. The summed E-state index contributed by atoms with van der Waals surface area (Å²) in [6, 6.07) is 4.28. The molecule has 0 bridgehead atoms. The Morgan fingerprint density at radius 1 is 1.41 bits per heavy atom. The fraction of sp³-hybridized carbons (Fsp3) is 0.364. The quantitative estimate of drug-likeness (QED) is 0.821. The van der Waals surface area contributed by atoms with Crippen molar-refractivity contribution in [1.29, 1.82) is 0 Å². The summed E-state index contributed by atoms with van der Waals surface area (Å²) < 4.78 is 27.4. The number of primary sulfonamides is 1. The normalized spacial score (nSPS) is 11.2. The molecule has 0 unspecified atom stereocenters. The Bertz CT molecular complexity index is 522. The molecule has 0 fully saturated rings. The molecule has 0 aliphatic heterocycles. The molecular formula is C11H15NO4S. The maximum absolute atomic E-state index is 11.5. The van der Waals surface area contributed by atoms with Crippen LogP contribution in [-0.4, -0.2) is 21.0 Å². The van der Waals surface area contributed by atoms with Gasteiger partial charge in [-0.05, 0) is 31.0 Å². The number of hydrogen-bond acceptors (Lipinski definition) is 4. The van der Waals surface area contributed by atoms with Crippen LogP contribution in [0.3, 0.4) is 0 Å². The summed E-state index contributed by atoms with van der Waals surface area (Å²) in [5, 5.41) is 5.05. The smallest absolute Gasteiger partial charge is 0.338 e. The molecule has 0 saturated heterocycles. The van der Waals surface area contributed by atoms with Crippen molar-refractivity contribution in [1.82, 2.24) is 0 Å². The fourth-order valence-electron chi connectivity index (χ4n) is 1.31. The third-order valence-electron chi connectivity index (χ3n) is 2.17. The molecule has 1 rings (SSSR count). The lowest BCUT2D eigenvalue weighted by Crippen LogP contribution is -2.15. The molecule has 1 aromatic carbocycles. The molecule has 17 heavy (non-hydrogen) atoms. The molecule has 6 heteroatoms. The first-order chi connectivity index (χ1) is 7.86. The third kappa shape index (κ3) is 3.54. The first kappa shape index (κ1) is 13.7. The Kier molecular flexibility index (Phi) is 4.25. The minimum atomic E-state index is -3.82. The first-order valence-electron chi connectivity index (χ1n) is 5.17. The van der Waals surface area contributed by atoms with E-state index in [1.165, 1.54) is 18.2 Å². The fourth-order valence-corrected chi connectivity index (χ4v) is 2.12. The van der Waals surface area contributed by atoms with Crippen LogP contribution in [0.2, 0.25) is 0 Å². The second kappa shape index (κ2) is 5.29. The van der Waals surface area contributed by atoms with Gasteiger partial charge < -0.3 is 4.74 Å². The van der Waals surface area contributed by atoms with Crippen molar-refractivity contribution in [3.8, 4) is 0 Å². The van der Waals surface area contributed by atoms with Gasteiger partial charge in [-0.15, -0.1) is 0 Å². The molecule has 0 spiro atoms. The van der Waals surface area contributed by atoms with E-state index in [1.54, 1.807) is 6.92 Å². The number of benzene rings is 1. The summed E-state index contributed by atoms with van der Waals surface area (Å²) in [6.07, 6.45) is 0.708. The number of rotatable bonds is 4. The van der Waals surface area contributed by atoms with Gasteiger partial charge >= 0.3 is 5.97 Å². The zero-order valence-corrected chi connectivity index (χ0v) is 10.6. The van der Waals surface area contributed by atoms with E-state index in [9.17, 15) is 13.2 Å². The first-order valence-corrected chi connectivity index (χ1v) is 6.71. The molecule has 1 aromatic rings. The molecule has 2 N–H and O–H groups in total. The summed E-state index contributed by atoms with van der Waals surface area (Å²) >= 11 is 0. The van der Waals surface area contributed by atoms with Crippen LogP contribution in [0, 0.1) is 6.92 Å². The molecule has 0 atom stereocenters. The third-order valence-corrected chi connectivity index (χ3v) is 3.22. The maximum Gasteiger partial charge on any atom is 0.338 e. The lowest BCUT2D eigenvalue weighted by molar-refractivity contribution is 0.0505. The van der Waals surface area contributed by atoms with E-state index in [-0.39, 0.29) is 10.5 Å². The van der Waals surface area contributed by atoms with Gasteiger partial charge in [0.1, 0.15) is 0 Å². The Labute approximate surface area is 101 Å². The molecule has 0 aliphatic carbocycles. The van der Waals surface area contributed by atoms with Crippen LogP contribution < -0.4 is 5.14 Å². The minimum absolute atomic E-state index is 0.0524. The molecule has 0 radical (unpaired) electrons. The zero-order valence-electron chi connectivity index (χ0n) is 9.76. The summed E-state index contributed by atoms with van der Waals surface area (Å²) in [7, 11) is -3.82. The van der Waals surface area contributed by atoms with Gasteiger partial charge in [0.2, 0.25) is 10.0 Å². The van der Waals surface area contributed by atoms with Crippen molar-refractivity contribution >= 4 is 16.0 Å². The number of esters is 1. The average Bonchev–Trinajstić information content (AvgIpc) is 2.25. The van der Waals surface area contributed by atoms with Crippen LogP contribution in [0.15, 0.2) is 23.1 Å². The van der Waals surface area contributed by atoms with Gasteiger partial charge in [-0.25, -0.2) is 18.4 Å². The monoisotopic (exact) mass is 257 g/mol. The number of carbonyl (C=O) groups is 1. The van der Waals surface area contributed by atoms with E-state index in [0.717, 1.165) is 0 Å². The second-order valence-corrected chi connectivity index (χ2v) is 5.19. The van der Waals surface area contributed by atoms with Crippen molar-refractivity contribution in [3.63, 3.8) is 0 Å². The number of carbonyl (C=O) groups excluding carboxylic acids is 1. The summed E-state index contributed by atoms with van der Waals surface area (Å²) in [4.78, 5) is 11.5. The van der Waals surface area contributed by atoms with Crippen LogP contribution in [0.5, 0.6) is 0 Å². The number of ether oxygens (including phenoxy) is 1. The van der Waals surface area contributed by atoms with E-state index in [0.29, 0.717) is 18.6 Å². The number of aryl methyl sites for hydroxylation is 1. The molecule has 0 saturated carbocycles. The van der Waals surface area contributed by atoms with Crippen molar-refractivity contribution in [2.24, 2.45) is 5.14 Å². The highest BCUT2D eigenvalue weighted by molar-refractivity contribution is 7.89. The van der Waals surface area contributed by atoms with Gasteiger partial charge in [0, 0.05) is 0 Å². The Morgan fingerprint density at radius 2 is 2.06 bits per heavy atom. The van der Waals surface area contributed by atoms with Crippen LogP contribution in [-0.2, 0) is 14.8 Å². The maximum atomic E-state index is 11.5. The van der Waals surface area contributed by atoms with Gasteiger partial charge in [0.25, 0.3) is 0 Å². The van der Waals surface area contributed by atoms with E-state index < -0.39 is 16.0 Å². The van der Waals surface area contributed by atoms with Gasteiger partial charge in [-0.2, -0.15) is 0 Å². The largest absolute Gasteiger partial charge is 0.462 e. The average molecular weight is 257 g/mol. The molecule has 0 aromatic heterocycles. The highest BCUT2D eigenvalue weighted by Crippen LogP contribution is 2.16. The Balaban J connectivity index is 3.09. The van der Waals surface area contributed by atoms with Crippen molar-refractivity contribution < 1.29 is 17.9 Å². The van der Waals surface area contributed by atoms with Gasteiger partial charge in [0.15, 0.2) is 0 Å². The predicted molar refractivity (Wildman–Crippen MR) is 63.1 cm³/mol. The molecule has 5 nitrogen and oxygen atoms in total. The Hall–Kier alpha value is -1.40. The lowest BCUT2D eigenvalue weighted by atomic mass is 10.1. The number of nitrogens with two attached hydrogens (primary N) is 1. The van der Waals surface area contributed by atoms with Crippen LogP contribution in [0.25, 0.3) is 0 Å². The summed E-state index contributed by atoms with van der Waals surface area (Å²) in [6.45, 7) is 3.79. The molecule has 0 amide bonds. The Morgan fingerprint density at radius 3 is 2.59 bits per heavy atom. The molecule has 0 aliphatic rings. The van der Waals surface area contributed by atoms with Crippen LogP contribution in [0.1, 0.15) is 29.3 Å². The molecule has 94 valence electrons. The van der Waals surface area contributed by atoms with Crippen molar-refractivity contribution in [2.75, 3.05) is 6.61 Å². The number of sulfonamides is 1. The van der Waals surface area contributed by atoms with Crippen molar-refractivity contribution in [2.45, 2.75) is 25.2 Å². The van der Waals surface area contributed by atoms with E-state index in [4.69, 9.17) is 9.88 Å². The zero-order chi connectivity index (χ0) is 13.1. The van der Waals surface area contributed by atoms with Gasteiger partial charge in [-0.3, -0.25) is 0 Å². The lowest BCUT2D eigenvalue weighted by Gasteiger charge is -2.07. The van der Waals surface area contributed by atoms with E-state index >= 15 is 0 Å². The minimum Gasteiger partial charge on any atom is -0.462 e. The van der Waals surface area contributed by atoms with Gasteiger partial charge in [0.05, 0.1) is 17.1 Å². The topological polar surface area (TPSA) is 86.5 Å². The molecular weight excluding hydrogens is 242 g/mol. The highest BCUT2D eigenvalue weighted by atomic mass is 32.2. The summed E-state index contributed by atoms with van der Waals surface area (Å²) in [5.41, 5.74) is 0.688.